The van der Waals surface area contributed by atoms with Gasteiger partial charge in [0.25, 0.3) is 0 Å². The summed E-state index contributed by atoms with van der Waals surface area (Å²) in [4.78, 5) is 0. The molecule has 0 saturated carbocycles. The maximum absolute atomic E-state index is 5.81. The van der Waals surface area contributed by atoms with Crippen LogP contribution in [0.5, 0.6) is 5.75 Å². The summed E-state index contributed by atoms with van der Waals surface area (Å²) in [7, 11) is 1.93. The van der Waals surface area contributed by atoms with Crippen LogP contribution in [0, 0.1) is 0 Å². The van der Waals surface area contributed by atoms with Gasteiger partial charge in [-0.15, -0.1) is 0 Å². The van der Waals surface area contributed by atoms with E-state index >= 15 is 0 Å². The normalized spacial score (nSPS) is 12.1. The molecular weight excluding hydrogens is 262 g/mol. The van der Waals surface area contributed by atoms with Gasteiger partial charge in [0.1, 0.15) is 12.4 Å². The fraction of sp³-hybridized carbons (Fsp3) is 0.333. The highest BCUT2D eigenvalue weighted by atomic mass is 16.5. The molecule has 0 saturated heterocycles. The lowest BCUT2D eigenvalue weighted by Gasteiger charge is -2.15. The fourth-order valence-electron chi connectivity index (χ4n) is 2.18. The van der Waals surface area contributed by atoms with E-state index in [0.717, 1.165) is 17.9 Å². The van der Waals surface area contributed by atoms with Crippen molar-refractivity contribution < 1.29 is 9.47 Å². The molecule has 0 aliphatic carbocycles. The monoisotopic (exact) mass is 285 g/mol. The van der Waals surface area contributed by atoms with Gasteiger partial charge in [0.05, 0.1) is 12.7 Å². The Balaban J connectivity index is 1.77. The van der Waals surface area contributed by atoms with Crippen LogP contribution in [-0.2, 0) is 11.3 Å². The van der Waals surface area contributed by atoms with Gasteiger partial charge in [-0.2, -0.15) is 0 Å². The molecule has 3 nitrogen and oxygen atoms in total. The summed E-state index contributed by atoms with van der Waals surface area (Å²) in [5.41, 5.74) is 2.35. The van der Waals surface area contributed by atoms with Crippen molar-refractivity contribution >= 4 is 0 Å². The van der Waals surface area contributed by atoms with Crippen LogP contribution in [0.25, 0.3) is 0 Å². The molecule has 0 bridgehead atoms. The van der Waals surface area contributed by atoms with Gasteiger partial charge in [0, 0.05) is 12.1 Å². The molecule has 2 aromatic carbocycles. The fourth-order valence-corrected chi connectivity index (χ4v) is 2.18. The zero-order valence-corrected chi connectivity index (χ0v) is 12.7. The Bertz CT molecular complexity index is 528. The molecule has 0 radical (unpaired) electrons. The minimum absolute atomic E-state index is 0.0855. The van der Waals surface area contributed by atoms with E-state index in [4.69, 9.17) is 9.47 Å². The molecule has 0 spiro atoms. The molecular formula is C18H23NO2. The Morgan fingerprint density at radius 2 is 1.67 bits per heavy atom. The van der Waals surface area contributed by atoms with Gasteiger partial charge in [-0.1, -0.05) is 48.5 Å². The van der Waals surface area contributed by atoms with E-state index in [1.807, 2.05) is 43.4 Å². The van der Waals surface area contributed by atoms with E-state index in [1.165, 1.54) is 5.56 Å². The molecule has 1 unspecified atom stereocenters. The van der Waals surface area contributed by atoms with E-state index in [0.29, 0.717) is 13.2 Å². The summed E-state index contributed by atoms with van der Waals surface area (Å²) in [6.07, 6.45) is 0.0855. The highest BCUT2D eigenvalue weighted by molar-refractivity contribution is 5.33. The topological polar surface area (TPSA) is 30.5 Å². The number of para-hydroxylation sites is 1. The first kappa shape index (κ1) is 15.5. The van der Waals surface area contributed by atoms with Crippen molar-refractivity contribution in [2.24, 2.45) is 0 Å². The second kappa shape index (κ2) is 8.45. The molecule has 0 heterocycles. The van der Waals surface area contributed by atoms with Gasteiger partial charge in [-0.25, -0.2) is 0 Å². The second-order valence-corrected chi connectivity index (χ2v) is 4.91. The van der Waals surface area contributed by atoms with E-state index < -0.39 is 0 Å². The number of ether oxygens (including phenoxy) is 2. The third kappa shape index (κ3) is 4.88. The average molecular weight is 285 g/mol. The third-order valence-electron chi connectivity index (χ3n) is 3.32. The lowest BCUT2D eigenvalue weighted by atomic mass is 10.1. The van der Waals surface area contributed by atoms with Crippen LogP contribution in [0.3, 0.4) is 0 Å². The Morgan fingerprint density at radius 3 is 2.43 bits per heavy atom. The van der Waals surface area contributed by atoms with Crippen LogP contribution < -0.4 is 10.1 Å². The van der Waals surface area contributed by atoms with Crippen molar-refractivity contribution in [3.8, 4) is 5.75 Å². The Kier molecular flexibility index (Phi) is 6.25. The van der Waals surface area contributed by atoms with Gasteiger partial charge >= 0.3 is 0 Å². The predicted molar refractivity (Wildman–Crippen MR) is 85.5 cm³/mol. The quantitative estimate of drug-likeness (QED) is 0.752. The minimum Gasteiger partial charge on any atom is -0.491 e. The number of nitrogens with one attached hydrogen (secondary N) is 1. The molecule has 112 valence electrons. The maximum atomic E-state index is 5.81. The molecule has 0 aromatic heterocycles. The van der Waals surface area contributed by atoms with Crippen LogP contribution in [0.1, 0.15) is 24.2 Å². The summed E-state index contributed by atoms with van der Waals surface area (Å²) in [5.74, 6) is 0.919. The third-order valence-corrected chi connectivity index (χ3v) is 3.32. The molecule has 0 amide bonds. The van der Waals surface area contributed by atoms with E-state index in [1.54, 1.807) is 0 Å². The van der Waals surface area contributed by atoms with Crippen molar-refractivity contribution in [2.75, 3.05) is 20.3 Å². The summed E-state index contributed by atoms with van der Waals surface area (Å²) in [5, 5.41) is 3.14. The number of hydrogen-bond donors (Lipinski definition) is 1. The van der Waals surface area contributed by atoms with Gasteiger partial charge in [0.15, 0.2) is 0 Å². The highest BCUT2D eigenvalue weighted by Gasteiger charge is 2.05. The van der Waals surface area contributed by atoms with Crippen molar-refractivity contribution in [3.05, 3.63) is 65.7 Å². The van der Waals surface area contributed by atoms with Crippen LogP contribution in [0.15, 0.2) is 54.6 Å². The van der Waals surface area contributed by atoms with Gasteiger partial charge in [-0.05, 0) is 25.6 Å². The first-order valence-corrected chi connectivity index (χ1v) is 7.33. The van der Waals surface area contributed by atoms with E-state index in [-0.39, 0.29) is 6.10 Å². The summed E-state index contributed by atoms with van der Waals surface area (Å²) < 4.78 is 11.6. The molecule has 21 heavy (non-hydrogen) atoms. The number of hydrogen-bond acceptors (Lipinski definition) is 3. The number of rotatable bonds is 8. The Hall–Kier alpha value is -1.84. The molecule has 2 aromatic rings. The van der Waals surface area contributed by atoms with Crippen LogP contribution in [0.2, 0.25) is 0 Å². The Morgan fingerprint density at radius 1 is 0.952 bits per heavy atom. The van der Waals surface area contributed by atoms with E-state index in [9.17, 15) is 0 Å². The summed E-state index contributed by atoms with van der Waals surface area (Å²) >= 11 is 0. The summed E-state index contributed by atoms with van der Waals surface area (Å²) in [6.45, 7) is 3.99. The minimum atomic E-state index is 0.0855. The molecule has 1 N–H and O–H groups in total. The molecule has 0 aliphatic heterocycles. The second-order valence-electron chi connectivity index (χ2n) is 4.91. The molecule has 0 fully saturated rings. The Labute approximate surface area is 126 Å². The standard InChI is InChI=1S/C18H23NO2/c1-15(16-8-4-3-5-9-16)20-12-13-21-18-11-7-6-10-17(18)14-19-2/h3-11,15,19H,12-14H2,1-2H3. The largest absolute Gasteiger partial charge is 0.491 e. The molecule has 2 rings (SSSR count). The van der Waals surface area contributed by atoms with Crippen LogP contribution in [-0.4, -0.2) is 20.3 Å². The SMILES string of the molecule is CNCc1ccccc1OCCOC(C)c1ccccc1. The van der Waals surface area contributed by atoms with Crippen LogP contribution >= 0.6 is 0 Å². The lowest BCUT2D eigenvalue weighted by molar-refractivity contribution is 0.0437. The maximum Gasteiger partial charge on any atom is 0.123 e. The van der Waals surface area contributed by atoms with Crippen molar-refractivity contribution in [1.29, 1.82) is 0 Å². The zero-order chi connectivity index (χ0) is 14.9. The van der Waals surface area contributed by atoms with Gasteiger partial charge in [-0.3, -0.25) is 0 Å². The number of benzene rings is 2. The molecule has 0 aliphatic rings. The van der Waals surface area contributed by atoms with Crippen molar-refractivity contribution in [2.45, 2.75) is 19.6 Å². The van der Waals surface area contributed by atoms with Gasteiger partial charge in [0.2, 0.25) is 0 Å². The van der Waals surface area contributed by atoms with Gasteiger partial charge < -0.3 is 14.8 Å². The zero-order valence-electron chi connectivity index (χ0n) is 12.7. The molecule has 1 atom stereocenters. The smallest absolute Gasteiger partial charge is 0.123 e. The van der Waals surface area contributed by atoms with Crippen molar-refractivity contribution in [1.82, 2.24) is 5.32 Å². The first-order valence-electron chi connectivity index (χ1n) is 7.33. The van der Waals surface area contributed by atoms with Crippen molar-refractivity contribution in [3.63, 3.8) is 0 Å². The van der Waals surface area contributed by atoms with Crippen LogP contribution in [0.4, 0.5) is 0 Å². The lowest BCUT2D eigenvalue weighted by Crippen LogP contribution is -2.12. The predicted octanol–water partition coefficient (Wildman–Crippen LogP) is 3.56. The highest BCUT2D eigenvalue weighted by Crippen LogP contribution is 2.18. The van der Waals surface area contributed by atoms with E-state index in [2.05, 4.69) is 30.4 Å². The summed E-state index contributed by atoms with van der Waals surface area (Å²) in [6, 6.07) is 18.3. The molecule has 3 heteroatoms. The average Bonchev–Trinajstić information content (AvgIpc) is 2.54. The first-order chi connectivity index (χ1) is 10.3.